The van der Waals surface area contributed by atoms with E-state index in [2.05, 4.69) is 11.1 Å². The molecule has 0 saturated carbocycles. The fourth-order valence-electron chi connectivity index (χ4n) is 7.23. The van der Waals surface area contributed by atoms with Crippen LogP contribution in [0.4, 0.5) is 13.2 Å². The summed E-state index contributed by atoms with van der Waals surface area (Å²) in [5.74, 6) is -2.28. The number of aliphatic carboxylic acids is 1. The number of benzene rings is 1. The highest BCUT2D eigenvalue weighted by Crippen LogP contribution is 2.51. The molecule has 8 nitrogen and oxygen atoms in total. The van der Waals surface area contributed by atoms with Crippen LogP contribution in [0.3, 0.4) is 0 Å². The molecule has 0 bridgehead atoms. The average molecular weight is 619 g/mol. The van der Waals surface area contributed by atoms with E-state index in [1.807, 2.05) is 32.9 Å². The number of ether oxygens (including phenoxy) is 3. The van der Waals surface area contributed by atoms with E-state index in [1.165, 1.54) is 12.0 Å². The van der Waals surface area contributed by atoms with Crippen molar-refractivity contribution in [2.45, 2.75) is 103 Å². The number of halogens is 3. The Morgan fingerprint density at radius 1 is 1.11 bits per heavy atom. The zero-order valence-corrected chi connectivity index (χ0v) is 25.7. The van der Waals surface area contributed by atoms with Gasteiger partial charge in [0.05, 0.1) is 31.4 Å². The number of aromatic nitrogens is 1. The van der Waals surface area contributed by atoms with Crippen LogP contribution in [0.5, 0.6) is 5.88 Å². The number of fused-ring (bicyclic) bond motifs is 1. The number of pyridine rings is 1. The van der Waals surface area contributed by atoms with Crippen LogP contribution in [0.15, 0.2) is 30.5 Å². The van der Waals surface area contributed by atoms with E-state index in [0.29, 0.717) is 19.2 Å². The summed E-state index contributed by atoms with van der Waals surface area (Å²) in [6.45, 7) is 5.80. The van der Waals surface area contributed by atoms with Gasteiger partial charge in [0, 0.05) is 24.3 Å². The summed E-state index contributed by atoms with van der Waals surface area (Å²) in [5.41, 5.74) is 1.53. The number of alkyl halides is 3. The molecule has 2 aliphatic heterocycles. The summed E-state index contributed by atoms with van der Waals surface area (Å²) in [7, 11) is 1.32. The van der Waals surface area contributed by atoms with E-state index in [-0.39, 0.29) is 18.1 Å². The number of amides is 1. The topological polar surface area (TPSA) is 98.2 Å². The molecule has 1 aliphatic carbocycles. The Morgan fingerprint density at radius 3 is 2.50 bits per heavy atom. The number of hydrogen-bond acceptors (Lipinski definition) is 6. The van der Waals surface area contributed by atoms with Gasteiger partial charge < -0.3 is 24.2 Å². The first kappa shape index (κ1) is 32.2. The van der Waals surface area contributed by atoms with Crippen LogP contribution in [0.25, 0.3) is 0 Å². The minimum Gasteiger partial charge on any atom is -0.481 e. The first-order chi connectivity index (χ1) is 20.8. The van der Waals surface area contributed by atoms with Crippen LogP contribution in [0.2, 0.25) is 0 Å². The number of carbonyl (C=O) groups is 2. The van der Waals surface area contributed by atoms with Gasteiger partial charge in [0.2, 0.25) is 5.88 Å². The number of nitrogens with zero attached hydrogens (tertiary/aromatic N) is 2. The minimum atomic E-state index is -4.63. The smallest absolute Gasteiger partial charge is 0.417 e. The van der Waals surface area contributed by atoms with Crippen molar-refractivity contribution in [3.8, 4) is 5.88 Å². The van der Waals surface area contributed by atoms with E-state index < -0.39 is 59.2 Å². The number of methoxy groups -OCH3 is 1. The maximum atomic E-state index is 14.3. The third-order valence-corrected chi connectivity index (χ3v) is 9.20. The second-order valence-electron chi connectivity index (χ2n) is 13.1. The Hall–Kier alpha value is -3.18. The van der Waals surface area contributed by atoms with E-state index in [0.717, 1.165) is 61.3 Å². The van der Waals surface area contributed by atoms with Gasteiger partial charge in [-0.05, 0) is 73.1 Å². The molecule has 1 N–H and O–H groups in total. The van der Waals surface area contributed by atoms with E-state index >= 15 is 0 Å². The highest BCUT2D eigenvalue weighted by molar-refractivity contribution is 5.88. The molecular formula is C33H41F3N2O6. The molecule has 3 aliphatic rings. The molecule has 44 heavy (non-hydrogen) atoms. The summed E-state index contributed by atoms with van der Waals surface area (Å²) < 4.78 is 58.6. The van der Waals surface area contributed by atoms with Gasteiger partial charge in [0.1, 0.15) is 12.1 Å². The molecule has 0 spiro atoms. The molecule has 1 aromatic carbocycles. The average Bonchev–Trinajstić information content (AvgIpc) is 3.35. The SMILES string of the molecule is COc1ncc(C(F)(F)F)cc1CO[C@H]1[C@H](C(C)(C)C)[C@@H](C(=O)O)N(C(=O)[C@@H]2CCCCO2)[C@H]1c1cccc2c1CCCC2. The number of hydrogen-bond donors (Lipinski definition) is 1. The van der Waals surface area contributed by atoms with Gasteiger partial charge in [-0.25, -0.2) is 9.78 Å². The predicted molar refractivity (Wildman–Crippen MR) is 155 cm³/mol. The number of aryl methyl sites for hydroxylation is 1. The quantitative estimate of drug-likeness (QED) is 0.398. The molecule has 1 amide bonds. The van der Waals surface area contributed by atoms with Crippen molar-refractivity contribution in [2.24, 2.45) is 11.3 Å². The Bertz CT molecular complexity index is 1370. The molecule has 5 rings (SSSR count). The van der Waals surface area contributed by atoms with Crippen LogP contribution in [-0.2, 0) is 44.7 Å². The fourth-order valence-corrected chi connectivity index (χ4v) is 7.23. The molecule has 0 radical (unpaired) electrons. The molecule has 2 fully saturated rings. The molecule has 3 heterocycles. The third-order valence-electron chi connectivity index (χ3n) is 9.20. The maximum Gasteiger partial charge on any atom is 0.417 e. The van der Waals surface area contributed by atoms with Crippen LogP contribution in [0, 0.1) is 11.3 Å². The van der Waals surface area contributed by atoms with Gasteiger partial charge in [-0.1, -0.05) is 39.0 Å². The molecule has 5 atom stereocenters. The molecule has 0 unspecified atom stereocenters. The first-order valence-electron chi connectivity index (χ1n) is 15.3. The van der Waals surface area contributed by atoms with Crippen molar-refractivity contribution in [1.82, 2.24) is 9.88 Å². The molecular weight excluding hydrogens is 577 g/mol. The Balaban J connectivity index is 1.65. The summed E-state index contributed by atoms with van der Waals surface area (Å²) >= 11 is 0. The van der Waals surface area contributed by atoms with Crippen molar-refractivity contribution >= 4 is 11.9 Å². The van der Waals surface area contributed by atoms with Gasteiger partial charge in [0.15, 0.2) is 0 Å². The van der Waals surface area contributed by atoms with Crippen molar-refractivity contribution in [1.29, 1.82) is 0 Å². The van der Waals surface area contributed by atoms with Gasteiger partial charge in [-0.3, -0.25) is 4.79 Å². The predicted octanol–water partition coefficient (Wildman–Crippen LogP) is 6.14. The molecule has 1 aromatic heterocycles. The van der Waals surface area contributed by atoms with Crippen molar-refractivity contribution in [3.05, 3.63) is 58.3 Å². The van der Waals surface area contributed by atoms with Crippen molar-refractivity contribution < 1.29 is 42.1 Å². The lowest BCUT2D eigenvalue weighted by atomic mass is 9.73. The van der Waals surface area contributed by atoms with Crippen molar-refractivity contribution in [3.63, 3.8) is 0 Å². The van der Waals surface area contributed by atoms with E-state index in [4.69, 9.17) is 14.2 Å². The number of rotatable bonds is 7. The maximum absolute atomic E-state index is 14.3. The van der Waals surface area contributed by atoms with Gasteiger partial charge in [-0.2, -0.15) is 13.2 Å². The molecule has 11 heteroatoms. The van der Waals surface area contributed by atoms with Crippen LogP contribution in [-0.4, -0.2) is 58.8 Å². The van der Waals surface area contributed by atoms with Crippen LogP contribution >= 0.6 is 0 Å². The normalized spacial score (nSPS) is 25.9. The molecule has 2 aromatic rings. The highest BCUT2D eigenvalue weighted by Gasteiger charge is 2.60. The molecule has 240 valence electrons. The second kappa shape index (κ2) is 12.7. The number of carboxylic acids is 1. The summed E-state index contributed by atoms with van der Waals surface area (Å²) in [5, 5.41) is 10.7. The Kier molecular flexibility index (Phi) is 9.28. The summed E-state index contributed by atoms with van der Waals surface area (Å²) in [4.78, 5) is 32.8. The van der Waals surface area contributed by atoms with E-state index in [9.17, 15) is 27.9 Å². The second-order valence-corrected chi connectivity index (χ2v) is 13.1. The summed E-state index contributed by atoms with van der Waals surface area (Å²) in [6, 6.07) is 4.83. The number of carbonyl (C=O) groups excluding carboxylic acids is 1. The number of carboxylic acid groups (broad SMARTS) is 1. The fraction of sp³-hybridized carbons (Fsp3) is 0.606. The lowest BCUT2D eigenvalue weighted by molar-refractivity contribution is -0.159. The first-order valence-corrected chi connectivity index (χ1v) is 15.3. The van der Waals surface area contributed by atoms with Gasteiger partial charge >= 0.3 is 12.1 Å². The Morgan fingerprint density at radius 2 is 1.86 bits per heavy atom. The lowest BCUT2D eigenvalue weighted by Gasteiger charge is -2.36. The minimum absolute atomic E-state index is 0.0183. The Labute approximate surface area is 255 Å². The monoisotopic (exact) mass is 618 g/mol. The van der Waals surface area contributed by atoms with Crippen molar-refractivity contribution in [2.75, 3.05) is 13.7 Å². The summed E-state index contributed by atoms with van der Waals surface area (Å²) in [6.07, 6.45) is 0.182. The highest BCUT2D eigenvalue weighted by atomic mass is 19.4. The van der Waals surface area contributed by atoms with Crippen LogP contribution < -0.4 is 4.74 Å². The standard InChI is InChI=1S/C33H41F3N2O6/c1-32(2,3)25-27(31(40)41)38(30(39)24-14-7-8-15-43-24)26(23-13-9-11-19-10-5-6-12-22(19)23)28(25)44-18-20-16-21(33(34,35)36)17-37-29(20)42-4/h9,11,13,16-17,24-28H,5-8,10,12,14-15,18H2,1-4H3,(H,40,41)/t24-,25+,26-,27-,28-/m0/s1. The largest absolute Gasteiger partial charge is 0.481 e. The number of likely N-dealkylation sites (tertiary alicyclic amines) is 1. The van der Waals surface area contributed by atoms with Gasteiger partial charge in [0.25, 0.3) is 5.91 Å². The zero-order chi connectivity index (χ0) is 31.8. The van der Waals surface area contributed by atoms with E-state index in [1.54, 1.807) is 0 Å². The molecule has 2 saturated heterocycles. The zero-order valence-electron chi connectivity index (χ0n) is 25.7. The lowest BCUT2D eigenvalue weighted by Crippen LogP contribution is -2.51. The van der Waals surface area contributed by atoms with Crippen LogP contribution in [0.1, 0.15) is 86.7 Å². The third kappa shape index (κ3) is 6.31. The van der Waals surface area contributed by atoms with Gasteiger partial charge in [-0.15, -0.1) is 0 Å².